The maximum Gasteiger partial charge on any atom is 0.264 e. The number of aryl methyl sites for hydroxylation is 1. The Kier molecular flexibility index (Phi) is 5.73. The normalized spacial score (nSPS) is 11.2. The van der Waals surface area contributed by atoms with Gasteiger partial charge in [-0.3, -0.25) is 4.31 Å². The van der Waals surface area contributed by atoms with Crippen molar-refractivity contribution in [1.82, 2.24) is 0 Å². The van der Waals surface area contributed by atoms with E-state index >= 15 is 0 Å². The van der Waals surface area contributed by atoms with Crippen LogP contribution in [0.15, 0.2) is 77.7 Å². The van der Waals surface area contributed by atoms with Crippen LogP contribution in [0, 0.1) is 6.92 Å². The number of anilines is 1. The van der Waals surface area contributed by atoms with Crippen LogP contribution in [0.4, 0.5) is 5.69 Å². The third-order valence-corrected chi connectivity index (χ3v) is 6.24. The van der Waals surface area contributed by atoms with Crippen molar-refractivity contribution in [2.45, 2.75) is 18.4 Å². The number of hydrogen-bond donors (Lipinski definition) is 0. The minimum absolute atomic E-state index is 0.151. The summed E-state index contributed by atoms with van der Waals surface area (Å²) in [6.07, 6.45) is 0. The van der Waals surface area contributed by atoms with Crippen LogP contribution in [0.2, 0.25) is 5.02 Å². The van der Waals surface area contributed by atoms with Crippen molar-refractivity contribution in [3.8, 4) is 5.75 Å². The quantitative estimate of drug-likeness (QED) is 0.580. The molecule has 4 nitrogen and oxygen atoms in total. The van der Waals surface area contributed by atoms with Crippen LogP contribution in [0.5, 0.6) is 5.75 Å². The molecule has 0 fully saturated rings. The molecular weight excluding hydrogens is 382 g/mol. The zero-order chi connectivity index (χ0) is 19.4. The SMILES string of the molecule is COc1ccccc1CN(c1cccc(C)c1)S(=O)(=O)c1ccc(Cl)cc1. The van der Waals surface area contributed by atoms with E-state index in [1.54, 1.807) is 25.3 Å². The van der Waals surface area contributed by atoms with Gasteiger partial charge in [-0.2, -0.15) is 0 Å². The third kappa shape index (κ3) is 4.26. The van der Waals surface area contributed by atoms with Gasteiger partial charge in [-0.25, -0.2) is 8.42 Å². The van der Waals surface area contributed by atoms with E-state index in [1.165, 1.54) is 16.4 Å². The van der Waals surface area contributed by atoms with Gasteiger partial charge in [-0.05, 0) is 55.0 Å². The van der Waals surface area contributed by atoms with E-state index in [4.69, 9.17) is 16.3 Å². The number of benzene rings is 3. The van der Waals surface area contributed by atoms with Gasteiger partial charge in [0.05, 0.1) is 24.2 Å². The second kappa shape index (κ2) is 8.03. The Hall–Kier alpha value is -2.50. The number of nitrogens with zero attached hydrogens (tertiary/aromatic N) is 1. The van der Waals surface area contributed by atoms with E-state index in [2.05, 4.69) is 0 Å². The lowest BCUT2D eigenvalue weighted by Gasteiger charge is -2.26. The van der Waals surface area contributed by atoms with E-state index in [0.29, 0.717) is 16.5 Å². The van der Waals surface area contributed by atoms with Gasteiger partial charge in [0, 0.05) is 10.6 Å². The molecule has 3 aromatic carbocycles. The van der Waals surface area contributed by atoms with Crippen LogP contribution in [-0.4, -0.2) is 15.5 Å². The molecule has 0 radical (unpaired) electrons. The monoisotopic (exact) mass is 401 g/mol. The van der Waals surface area contributed by atoms with Gasteiger partial charge in [0.15, 0.2) is 0 Å². The zero-order valence-electron chi connectivity index (χ0n) is 15.1. The highest BCUT2D eigenvalue weighted by molar-refractivity contribution is 7.92. The highest BCUT2D eigenvalue weighted by atomic mass is 35.5. The van der Waals surface area contributed by atoms with Gasteiger partial charge >= 0.3 is 0 Å². The van der Waals surface area contributed by atoms with Crippen molar-refractivity contribution in [3.63, 3.8) is 0 Å². The number of sulfonamides is 1. The molecule has 0 unspecified atom stereocenters. The Morgan fingerprint density at radius 3 is 2.33 bits per heavy atom. The molecule has 0 saturated carbocycles. The molecule has 0 bridgehead atoms. The molecule has 3 aromatic rings. The first-order valence-corrected chi connectivity index (χ1v) is 10.2. The highest BCUT2D eigenvalue weighted by Crippen LogP contribution is 2.29. The van der Waals surface area contributed by atoms with Crippen molar-refractivity contribution in [3.05, 3.63) is 88.9 Å². The molecule has 6 heteroatoms. The van der Waals surface area contributed by atoms with Gasteiger partial charge in [0.2, 0.25) is 0 Å². The maximum absolute atomic E-state index is 13.4. The Labute approximate surface area is 165 Å². The van der Waals surface area contributed by atoms with Crippen molar-refractivity contribution < 1.29 is 13.2 Å². The zero-order valence-corrected chi connectivity index (χ0v) is 16.7. The molecule has 0 aliphatic rings. The fourth-order valence-electron chi connectivity index (χ4n) is 2.82. The average Bonchev–Trinajstić information content (AvgIpc) is 2.66. The highest BCUT2D eigenvalue weighted by Gasteiger charge is 2.26. The third-order valence-electron chi connectivity index (χ3n) is 4.20. The summed E-state index contributed by atoms with van der Waals surface area (Å²) in [5, 5.41) is 0.487. The summed E-state index contributed by atoms with van der Waals surface area (Å²) in [5.41, 5.74) is 2.35. The Morgan fingerprint density at radius 2 is 1.67 bits per heavy atom. The molecule has 0 heterocycles. The van der Waals surface area contributed by atoms with E-state index in [0.717, 1.165) is 11.1 Å². The number of methoxy groups -OCH3 is 1. The summed E-state index contributed by atoms with van der Waals surface area (Å²) in [6.45, 7) is 2.08. The van der Waals surface area contributed by atoms with Crippen LogP contribution in [-0.2, 0) is 16.6 Å². The number of rotatable bonds is 6. The minimum Gasteiger partial charge on any atom is -0.496 e. The fraction of sp³-hybridized carbons (Fsp3) is 0.143. The lowest BCUT2D eigenvalue weighted by molar-refractivity contribution is 0.410. The molecule has 140 valence electrons. The molecule has 3 rings (SSSR count). The molecule has 0 aliphatic heterocycles. The molecule has 0 saturated heterocycles. The second-order valence-corrected chi connectivity index (χ2v) is 8.42. The molecule has 0 amide bonds. The minimum atomic E-state index is -3.79. The van der Waals surface area contributed by atoms with E-state index in [1.807, 2.05) is 49.4 Å². The lowest BCUT2D eigenvalue weighted by Crippen LogP contribution is -2.30. The summed E-state index contributed by atoms with van der Waals surface area (Å²) in [4.78, 5) is 0.184. The summed E-state index contributed by atoms with van der Waals surface area (Å²) in [7, 11) is -2.22. The largest absolute Gasteiger partial charge is 0.496 e. The van der Waals surface area contributed by atoms with E-state index < -0.39 is 10.0 Å². The van der Waals surface area contributed by atoms with Gasteiger partial charge in [0.25, 0.3) is 10.0 Å². The first kappa shape index (κ1) is 19.3. The van der Waals surface area contributed by atoms with Crippen molar-refractivity contribution in [2.24, 2.45) is 0 Å². The average molecular weight is 402 g/mol. The molecule has 0 N–H and O–H groups in total. The molecule has 27 heavy (non-hydrogen) atoms. The van der Waals surface area contributed by atoms with Crippen LogP contribution >= 0.6 is 11.6 Å². The Bertz CT molecular complexity index is 1030. The molecule has 0 atom stereocenters. The molecular formula is C21H20ClNO3S. The van der Waals surface area contributed by atoms with Crippen molar-refractivity contribution >= 4 is 27.3 Å². The van der Waals surface area contributed by atoms with Crippen molar-refractivity contribution in [1.29, 1.82) is 0 Å². The Balaban J connectivity index is 2.11. The van der Waals surface area contributed by atoms with Crippen LogP contribution < -0.4 is 9.04 Å². The smallest absolute Gasteiger partial charge is 0.264 e. The van der Waals surface area contributed by atoms with Crippen LogP contribution in [0.3, 0.4) is 0 Å². The predicted octanol–water partition coefficient (Wildman–Crippen LogP) is 5.05. The number of hydrogen-bond acceptors (Lipinski definition) is 3. The van der Waals surface area contributed by atoms with Gasteiger partial charge in [0.1, 0.15) is 5.75 Å². The standard InChI is InChI=1S/C21H20ClNO3S/c1-16-6-5-8-19(14-16)23(15-17-7-3-4-9-21(17)26-2)27(24,25)20-12-10-18(22)11-13-20/h3-14H,15H2,1-2H3. The van der Waals surface area contributed by atoms with Crippen molar-refractivity contribution in [2.75, 3.05) is 11.4 Å². The van der Waals surface area contributed by atoms with Crippen LogP contribution in [0.25, 0.3) is 0 Å². The number of ether oxygens (including phenoxy) is 1. The number of halogens is 1. The maximum atomic E-state index is 13.4. The predicted molar refractivity (Wildman–Crippen MR) is 109 cm³/mol. The Morgan fingerprint density at radius 1 is 0.963 bits per heavy atom. The fourth-order valence-corrected chi connectivity index (χ4v) is 4.38. The van der Waals surface area contributed by atoms with Gasteiger partial charge < -0.3 is 4.74 Å². The topological polar surface area (TPSA) is 46.6 Å². The second-order valence-electron chi connectivity index (χ2n) is 6.12. The summed E-state index contributed by atoms with van der Waals surface area (Å²) in [5.74, 6) is 0.640. The van der Waals surface area contributed by atoms with E-state index in [9.17, 15) is 8.42 Å². The first-order valence-electron chi connectivity index (χ1n) is 8.38. The van der Waals surface area contributed by atoms with Gasteiger partial charge in [-0.15, -0.1) is 0 Å². The molecule has 0 aliphatic carbocycles. The molecule has 0 spiro atoms. The van der Waals surface area contributed by atoms with Gasteiger partial charge in [-0.1, -0.05) is 41.9 Å². The number of para-hydroxylation sites is 1. The lowest BCUT2D eigenvalue weighted by atomic mass is 10.2. The van der Waals surface area contributed by atoms with Crippen LogP contribution in [0.1, 0.15) is 11.1 Å². The molecule has 0 aromatic heterocycles. The summed E-state index contributed by atoms with van der Waals surface area (Å²) in [6, 6.07) is 21.0. The van der Waals surface area contributed by atoms with E-state index in [-0.39, 0.29) is 11.4 Å². The first-order chi connectivity index (χ1) is 12.9. The summed E-state index contributed by atoms with van der Waals surface area (Å²) < 4.78 is 33.6. The summed E-state index contributed by atoms with van der Waals surface area (Å²) >= 11 is 5.92.